The van der Waals surface area contributed by atoms with E-state index in [-0.39, 0.29) is 0 Å². The Kier molecular flexibility index (Phi) is 5.57. The molecule has 0 fully saturated rings. The molecule has 1 rings (SSSR count). The summed E-state index contributed by atoms with van der Waals surface area (Å²) in [5.74, 6) is 1.68. The molecule has 0 spiro atoms. The van der Waals surface area contributed by atoms with E-state index >= 15 is 0 Å². The van der Waals surface area contributed by atoms with Gasteiger partial charge in [-0.15, -0.1) is 0 Å². The molecule has 0 aliphatic rings. The molecule has 0 radical (unpaired) electrons. The zero-order chi connectivity index (χ0) is 11.1. The maximum atomic E-state index is 10.3. The Morgan fingerprint density at radius 3 is 2.67 bits per heavy atom. The lowest BCUT2D eigenvalue weighted by atomic mass is 10.2. The third-order valence-corrected chi connectivity index (χ3v) is 3.18. The van der Waals surface area contributed by atoms with Gasteiger partial charge in [0.15, 0.2) is 0 Å². The van der Waals surface area contributed by atoms with Crippen LogP contribution in [-0.4, -0.2) is 18.5 Å². The van der Waals surface area contributed by atoms with Gasteiger partial charge >= 0.3 is 6.09 Å². The lowest BCUT2D eigenvalue weighted by Crippen LogP contribution is -2.14. The average molecular weight is 290 g/mol. The van der Waals surface area contributed by atoms with Gasteiger partial charge in [0, 0.05) is 16.0 Å². The number of primary amides is 1. The van der Waals surface area contributed by atoms with Gasteiger partial charge in [-0.25, -0.2) is 4.79 Å². The van der Waals surface area contributed by atoms with Gasteiger partial charge < -0.3 is 10.5 Å². The summed E-state index contributed by atoms with van der Waals surface area (Å²) in [6.07, 6.45) is -0.709. The van der Waals surface area contributed by atoms with Gasteiger partial charge in [-0.3, -0.25) is 0 Å². The number of nitrogens with two attached hydrogens (primary N) is 1. The molecule has 1 aromatic carbocycles. The van der Waals surface area contributed by atoms with Crippen LogP contribution in [0, 0.1) is 0 Å². The van der Waals surface area contributed by atoms with Crippen molar-refractivity contribution >= 4 is 33.8 Å². The van der Waals surface area contributed by atoms with E-state index in [9.17, 15) is 4.79 Å². The highest BCUT2D eigenvalue weighted by Gasteiger charge is 1.96. The van der Waals surface area contributed by atoms with Crippen LogP contribution in [0.15, 0.2) is 28.7 Å². The van der Waals surface area contributed by atoms with E-state index in [0.717, 1.165) is 16.0 Å². The third kappa shape index (κ3) is 5.69. The number of hydrogen-bond donors (Lipinski definition) is 1. The number of thioether (sulfide) groups is 1. The first-order valence-electron chi connectivity index (χ1n) is 4.43. The maximum Gasteiger partial charge on any atom is 0.404 e. The minimum atomic E-state index is -0.709. The molecule has 0 bridgehead atoms. The smallest absolute Gasteiger partial charge is 0.404 e. The van der Waals surface area contributed by atoms with Gasteiger partial charge in [0.2, 0.25) is 0 Å². The van der Waals surface area contributed by atoms with Crippen molar-refractivity contribution in [2.75, 3.05) is 12.4 Å². The van der Waals surface area contributed by atoms with E-state index in [1.807, 2.05) is 12.1 Å². The number of carbonyl (C=O) groups is 1. The Hall–Kier alpha value is -0.680. The van der Waals surface area contributed by atoms with Crippen LogP contribution in [0.1, 0.15) is 5.56 Å². The number of carbonyl (C=O) groups excluding carboxylic acids is 1. The summed E-state index contributed by atoms with van der Waals surface area (Å²) < 4.78 is 5.69. The van der Waals surface area contributed by atoms with Gasteiger partial charge in [0.25, 0.3) is 0 Å². The van der Waals surface area contributed by atoms with Crippen LogP contribution in [0.5, 0.6) is 0 Å². The lowest BCUT2D eigenvalue weighted by Gasteiger charge is -2.02. The second-order valence-electron chi connectivity index (χ2n) is 2.85. The number of amides is 1. The number of rotatable bonds is 5. The van der Waals surface area contributed by atoms with Crippen LogP contribution in [-0.2, 0) is 10.5 Å². The van der Waals surface area contributed by atoms with Crippen LogP contribution in [0.3, 0.4) is 0 Å². The molecule has 2 N–H and O–H groups in total. The Morgan fingerprint density at radius 2 is 2.07 bits per heavy atom. The molecule has 1 amide bonds. The standard InChI is InChI=1S/C10H12BrNO2S/c11-9-3-1-8(2-4-9)7-15-6-5-14-10(12)13/h1-4H,5-7H2,(H2,12,13). The molecule has 82 valence electrons. The van der Waals surface area contributed by atoms with Crippen molar-refractivity contribution in [1.29, 1.82) is 0 Å². The summed E-state index contributed by atoms with van der Waals surface area (Å²) in [5.41, 5.74) is 6.08. The topological polar surface area (TPSA) is 52.3 Å². The Balaban J connectivity index is 2.15. The first kappa shape index (κ1) is 12.4. The van der Waals surface area contributed by atoms with Crippen molar-refractivity contribution in [1.82, 2.24) is 0 Å². The molecule has 1 aromatic rings. The molecule has 0 saturated heterocycles. The molecule has 0 heterocycles. The zero-order valence-corrected chi connectivity index (χ0v) is 10.5. The van der Waals surface area contributed by atoms with Gasteiger partial charge in [-0.2, -0.15) is 11.8 Å². The summed E-state index contributed by atoms with van der Waals surface area (Å²) in [7, 11) is 0. The summed E-state index contributed by atoms with van der Waals surface area (Å²) >= 11 is 5.08. The minimum absolute atomic E-state index is 0.372. The molecule has 0 saturated carbocycles. The molecule has 15 heavy (non-hydrogen) atoms. The molecule has 3 nitrogen and oxygen atoms in total. The van der Waals surface area contributed by atoms with Crippen LogP contribution >= 0.6 is 27.7 Å². The lowest BCUT2D eigenvalue weighted by molar-refractivity contribution is 0.164. The summed E-state index contributed by atoms with van der Waals surface area (Å²) in [6.45, 7) is 0.372. The molecule has 0 aliphatic heterocycles. The van der Waals surface area contributed by atoms with Gasteiger partial charge in [-0.1, -0.05) is 28.1 Å². The summed E-state index contributed by atoms with van der Waals surface area (Å²) in [4.78, 5) is 10.3. The number of halogens is 1. The van der Waals surface area contributed by atoms with Crippen LogP contribution in [0.4, 0.5) is 4.79 Å². The average Bonchev–Trinajstić information content (AvgIpc) is 2.20. The van der Waals surface area contributed by atoms with Crippen molar-refractivity contribution in [3.05, 3.63) is 34.3 Å². The highest BCUT2D eigenvalue weighted by molar-refractivity contribution is 9.10. The van der Waals surface area contributed by atoms with Gasteiger partial charge in [-0.05, 0) is 17.7 Å². The quantitative estimate of drug-likeness (QED) is 0.848. The van der Waals surface area contributed by atoms with Gasteiger partial charge in [0.1, 0.15) is 6.61 Å². The van der Waals surface area contributed by atoms with Crippen molar-refractivity contribution in [2.45, 2.75) is 5.75 Å². The van der Waals surface area contributed by atoms with E-state index in [1.165, 1.54) is 5.56 Å². The molecule has 0 aromatic heterocycles. The van der Waals surface area contributed by atoms with Crippen LogP contribution < -0.4 is 5.73 Å². The second-order valence-corrected chi connectivity index (χ2v) is 4.87. The first-order valence-corrected chi connectivity index (χ1v) is 6.37. The van der Waals surface area contributed by atoms with E-state index < -0.39 is 6.09 Å². The van der Waals surface area contributed by atoms with Crippen molar-refractivity contribution in [3.8, 4) is 0 Å². The molecular weight excluding hydrogens is 278 g/mol. The molecule has 0 atom stereocenters. The van der Waals surface area contributed by atoms with E-state index in [1.54, 1.807) is 11.8 Å². The van der Waals surface area contributed by atoms with E-state index in [2.05, 4.69) is 32.8 Å². The highest BCUT2D eigenvalue weighted by atomic mass is 79.9. The van der Waals surface area contributed by atoms with Crippen molar-refractivity contribution < 1.29 is 9.53 Å². The van der Waals surface area contributed by atoms with Crippen molar-refractivity contribution in [3.63, 3.8) is 0 Å². The Morgan fingerprint density at radius 1 is 1.40 bits per heavy atom. The number of benzene rings is 1. The van der Waals surface area contributed by atoms with Crippen molar-refractivity contribution in [2.24, 2.45) is 5.73 Å². The predicted octanol–water partition coefficient (Wildman–Crippen LogP) is 2.78. The maximum absolute atomic E-state index is 10.3. The summed E-state index contributed by atoms with van der Waals surface area (Å²) in [6, 6.07) is 8.14. The second kappa shape index (κ2) is 6.74. The highest BCUT2D eigenvalue weighted by Crippen LogP contribution is 2.15. The monoisotopic (exact) mass is 289 g/mol. The molecular formula is C10H12BrNO2S. The van der Waals surface area contributed by atoms with Gasteiger partial charge in [0.05, 0.1) is 0 Å². The third-order valence-electron chi connectivity index (χ3n) is 1.65. The predicted molar refractivity (Wildman–Crippen MR) is 65.8 cm³/mol. The normalized spacial score (nSPS) is 9.93. The van der Waals surface area contributed by atoms with E-state index in [4.69, 9.17) is 5.73 Å². The first-order chi connectivity index (χ1) is 7.18. The SMILES string of the molecule is NC(=O)OCCSCc1ccc(Br)cc1. The molecule has 0 aliphatic carbocycles. The number of ether oxygens (including phenoxy) is 1. The fourth-order valence-electron chi connectivity index (χ4n) is 0.972. The summed E-state index contributed by atoms with van der Waals surface area (Å²) in [5, 5.41) is 0. The fraction of sp³-hybridized carbons (Fsp3) is 0.300. The Bertz CT molecular complexity index is 316. The van der Waals surface area contributed by atoms with Crippen LogP contribution in [0.25, 0.3) is 0 Å². The Labute approximate surface area is 101 Å². The minimum Gasteiger partial charge on any atom is -0.449 e. The number of hydrogen-bond acceptors (Lipinski definition) is 3. The molecule has 0 unspecified atom stereocenters. The molecule has 5 heteroatoms. The zero-order valence-electron chi connectivity index (χ0n) is 8.11. The van der Waals surface area contributed by atoms with Crippen LogP contribution in [0.2, 0.25) is 0 Å². The largest absolute Gasteiger partial charge is 0.449 e. The fourth-order valence-corrected chi connectivity index (χ4v) is 2.01. The van der Waals surface area contributed by atoms with E-state index in [0.29, 0.717) is 6.61 Å².